The Morgan fingerprint density at radius 2 is 1.58 bits per heavy atom. The molecule has 0 bridgehead atoms. The molecule has 2 heterocycles. The zero-order valence-corrected chi connectivity index (χ0v) is 18.2. The molecule has 2 aromatic heterocycles. The van der Waals surface area contributed by atoms with Crippen LogP contribution in [0.4, 0.5) is 0 Å². The van der Waals surface area contributed by atoms with E-state index in [0.29, 0.717) is 0 Å². The Bertz CT molecular complexity index is 1080. The summed E-state index contributed by atoms with van der Waals surface area (Å²) in [5.74, 6) is 0. The van der Waals surface area contributed by atoms with Gasteiger partial charge in [-0.1, -0.05) is 31.9 Å². The molecule has 0 amide bonds. The van der Waals surface area contributed by atoms with Crippen molar-refractivity contribution in [3.05, 3.63) is 51.5 Å². The van der Waals surface area contributed by atoms with E-state index >= 15 is 0 Å². The van der Waals surface area contributed by atoms with E-state index in [-0.39, 0.29) is 0 Å². The number of aryl methyl sites for hydroxylation is 2. The Hall–Kier alpha value is -1.77. The Kier molecular flexibility index (Phi) is 5.18. The quantitative estimate of drug-likeness (QED) is 0.422. The molecule has 0 aliphatic rings. The van der Waals surface area contributed by atoms with Gasteiger partial charge in [-0.25, -0.2) is 0 Å². The third-order valence-corrected chi connectivity index (χ3v) is 4.79. The van der Waals surface area contributed by atoms with Gasteiger partial charge in [0.25, 0.3) is 0 Å². The lowest BCUT2D eigenvalue weighted by Crippen LogP contribution is -2.58. The van der Waals surface area contributed by atoms with Crippen LogP contribution in [-0.2, 0) is 19.8 Å². The van der Waals surface area contributed by atoms with Crippen molar-refractivity contribution in [1.82, 2.24) is 19.7 Å². The molecule has 0 unspecified atom stereocenters. The maximum atomic E-state index is 10.0. The van der Waals surface area contributed by atoms with E-state index in [9.17, 15) is 5.11 Å². The summed E-state index contributed by atoms with van der Waals surface area (Å²) in [7, 11) is 3.74. The first-order valence-corrected chi connectivity index (χ1v) is 9.60. The van der Waals surface area contributed by atoms with Crippen LogP contribution in [0.2, 0.25) is 0 Å². The van der Waals surface area contributed by atoms with Crippen LogP contribution in [-0.4, -0.2) is 24.8 Å². The topological polar surface area (TPSA) is 59.8 Å². The number of hydrogen-bond acceptors (Lipinski definition) is 3. The fraction of sp³-hybridized carbons (Fsp3) is 0.278. The average molecular weight is 482 g/mol. The molecule has 4 aromatic rings. The van der Waals surface area contributed by atoms with Crippen molar-refractivity contribution in [2.45, 2.75) is 19.6 Å². The van der Waals surface area contributed by atoms with E-state index in [1.807, 2.05) is 55.3 Å². The summed E-state index contributed by atoms with van der Waals surface area (Å²) in [6.07, 6.45) is 2.00. The Morgan fingerprint density at radius 1 is 0.962 bits per heavy atom. The van der Waals surface area contributed by atoms with Crippen molar-refractivity contribution < 1.29 is 9.79 Å². The summed E-state index contributed by atoms with van der Waals surface area (Å²) >= 11 is 6.82. The first kappa shape index (κ1) is 19.0. The fourth-order valence-electron chi connectivity index (χ4n) is 2.88. The first-order valence-electron chi connectivity index (χ1n) is 8.01. The van der Waals surface area contributed by atoms with Gasteiger partial charge in [0.15, 0.2) is 0 Å². The maximum Gasteiger partial charge on any atom is 0.249 e. The maximum absolute atomic E-state index is 10.0. The fourth-order valence-corrected chi connectivity index (χ4v) is 3.60. The highest BCUT2D eigenvalue weighted by atomic mass is 79.9. The van der Waals surface area contributed by atoms with Gasteiger partial charge in [0.1, 0.15) is 0 Å². The molecule has 8 heteroatoms. The number of halogens is 2. The molecule has 1 N–H and O–H groups in total. The molecule has 0 spiro atoms. The molecule has 0 fully saturated rings. The van der Waals surface area contributed by atoms with Crippen LogP contribution >= 0.6 is 31.9 Å². The lowest BCUT2D eigenvalue weighted by molar-refractivity contribution is -0.846. The Labute approximate surface area is 168 Å². The van der Waals surface area contributed by atoms with Crippen LogP contribution in [0.15, 0.2) is 51.5 Å². The molecule has 0 aliphatic carbocycles. The summed E-state index contributed by atoms with van der Waals surface area (Å²) in [5.41, 5.74) is 1.84. The van der Waals surface area contributed by atoms with Gasteiger partial charge in [0, 0.05) is 52.6 Å². The van der Waals surface area contributed by atoms with Crippen LogP contribution in [0, 0.1) is 0 Å². The van der Waals surface area contributed by atoms with Crippen molar-refractivity contribution in [1.29, 1.82) is 0 Å². The van der Waals surface area contributed by atoms with Crippen molar-refractivity contribution in [3.63, 3.8) is 0 Å². The molecule has 0 saturated heterocycles. The largest absolute Gasteiger partial charge is 0.352 e. The molecule has 0 aliphatic heterocycles. The second-order valence-corrected chi connectivity index (χ2v) is 8.37. The number of aromatic nitrogens is 5. The standard InChI is InChI=1S/C10H13BrN3O.C8H7BrN2/c1-10(2,15)14-9-6-7(11)4-5-8(9)12-13(14)3;1-11-5-6-4-7(9)2-3-8(6)10-11/h4-6,15H,1-3H3;2-5H,1H3/q+1;. The monoisotopic (exact) mass is 480 g/mol. The average Bonchev–Trinajstić information content (AvgIpc) is 3.04. The number of aliphatic hydroxyl groups is 1. The van der Waals surface area contributed by atoms with Gasteiger partial charge in [-0.15, -0.1) is 4.68 Å². The molecule has 2 aromatic carbocycles. The van der Waals surface area contributed by atoms with Gasteiger partial charge in [-0.2, -0.15) is 5.10 Å². The minimum atomic E-state index is -0.968. The summed E-state index contributed by atoms with van der Waals surface area (Å²) in [6.45, 7) is 3.46. The predicted molar refractivity (Wildman–Crippen MR) is 109 cm³/mol. The van der Waals surface area contributed by atoms with Gasteiger partial charge < -0.3 is 5.11 Å². The third kappa shape index (κ3) is 3.97. The lowest BCUT2D eigenvalue weighted by Gasteiger charge is -2.14. The molecule has 136 valence electrons. The van der Waals surface area contributed by atoms with Gasteiger partial charge in [-0.3, -0.25) is 4.68 Å². The van der Waals surface area contributed by atoms with Crippen molar-refractivity contribution in [3.8, 4) is 0 Å². The number of hydrogen-bond donors (Lipinski definition) is 1. The Balaban J connectivity index is 0.000000158. The molecule has 0 atom stereocenters. The number of rotatable bonds is 1. The number of nitrogens with zero attached hydrogens (tertiary/aromatic N) is 5. The van der Waals surface area contributed by atoms with E-state index in [1.165, 1.54) is 5.39 Å². The zero-order chi connectivity index (χ0) is 19.1. The summed E-state index contributed by atoms with van der Waals surface area (Å²) < 4.78 is 5.63. The second-order valence-electron chi connectivity index (χ2n) is 6.53. The predicted octanol–water partition coefficient (Wildman–Crippen LogP) is 3.64. The highest BCUT2D eigenvalue weighted by molar-refractivity contribution is 9.10. The van der Waals surface area contributed by atoms with Gasteiger partial charge in [-0.05, 0) is 35.1 Å². The first-order chi connectivity index (χ1) is 12.1. The number of benzene rings is 2. The minimum absolute atomic E-state index is 0.864. The lowest BCUT2D eigenvalue weighted by atomic mass is 10.2. The summed E-state index contributed by atoms with van der Waals surface area (Å²) in [4.78, 5) is 1.65. The highest BCUT2D eigenvalue weighted by Gasteiger charge is 2.29. The van der Waals surface area contributed by atoms with E-state index in [4.69, 9.17) is 0 Å². The van der Waals surface area contributed by atoms with E-state index in [1.54, 1.807) is 23.3 Å². The molecule has 4 rings (SSSR count). The van der Waals surface area contributed by atoms with Crippen LogP contribution < -0.4 is 4.68 Å². The van der Waals surface area contributed by atoms with Gasteiger partial charge in [0.05, 0.1) is 12.6 Å². The zero-order valence-electron chi connectivity index (χ0n) is 15.0. The van der Waals surface area contributed by atoms with E-state index in [2.05, 4.69) is 48.1 Å². The third-order valence-electron chi connectivity index (χ3n) is 3.81. The van der Waals surface area contributed by atoms with Crippen LogP contribution in [0.5, 0.6) is 0 Å². The van der Waals surface area contributed by atoms with Gasteiger partial charge in [0.2, 0.25) is 16.8 Å². The summed E-state index contributed by atoms with van der Waals surface area (Å²) in [5, 5.41) is 19.8. The van der Waals surface area contributed by atoms with Crippen LogP contribution in [0.3, 0.4) is 0 Å². The molecular weight excluding hydrogens is 462 g/mol. The second kappa shape index (κ2) is 7.09. The highest BCUT2D eigenvalue weighted by Crippen LogP contribution is 2.18. The van der Waals surface area contributed by atoms with Gasteiger partial charge >= 0.3 is 0 Å². The molecule has 6 nitrogen and oxygen atoms in total. The van der Waals surface area contributed by atoms with Crippen molar-refractivity contribution >= 4 is 53.8 Å². The Morgan fingerprint density at radius 3 is 2.23 bits per heavy atom. The number of fused-ring (bicyclic) bond motifs is 2. The molecule has 0 radical (unpaired) electrons. The SMILES string of the molecule is Cn1cc2cc(Br)ccc2n1.Cn1nc2ccc(Br)cc2[n+]1C(C)(C)O. The normalized spacial score (nSPS) is 11.7. The summed E-state index contributed by atoms with van der Waals surface area (Å²) in [6, 6.07) is 11.9. The minimum Gasteiger partial charge on any atom is -0.352 e. The molecule has 0 saturated carbocycles. The molecular formula is C18H20Br2N5O+. The van der Waals surface area contributed by atoms with Crippen molar-refractivity contribution in [2.24, 2.45) is 14.1 Å². The van der Waals surface area contributed by atoms with E-state index in [0.717, 1.165) is 25.5 Å². The molecule has 26 heavy (non-hydrogen) atoms. The van der Waals surface area contributed by atoms with E-state index < -0.39 is 5.72 Å². The van der Waals surface area contributed by atoms with Crippen LogP contribution in [0.25, 0.3) is 21.9 Å². The smallest absolute Gasteiger partial charge is 0.249 e. The van der Waals surface area contributed by atoms with Crippen molar-refractivity contribution in [2.75, 3.05) is 0 Å². The van der Waals surface area contributed by atoms with Crippen LogP contribution in [0.1, 0.15) is 13.8 Å².